The van der Waals surface area contributed by atoms with E-state index in [0.29, 0.717) is 23.5 Å². The Bertz CT molecular complexity index is 1280. The van der Waals surface area contributed by atoms with Crippen molar-refractivity contribution in [3.63, 3.8) is 0 Å². The molecule has 0 radical (unpaired) electrons. The van der Waals surface area contributed by atoms with Gasteiger partial charge in [0.25, 0.3) is 5.56 Å². The molecule has 3 heterocycles. The zero-order valence-corrected chi connectivity index (χ0v) is 16.2. The van der Waals surface area contributed by atoms with Crippen LogP contribution in [0.4, 0.5) is 0 Å². The number of benzene rings is 1. The van der Waals surface area contributed by atoms with Gasteiger partial charge in [0.05, 0.1) is 24.8 Å². The summed E-state index contributed by atoms with van der Waals surface area (Å²) in [6, 6.07) is 13.9. The van der Waals surface area contributed by atoms with E-state index in [1.807, 2.05) is 0 Å². The number of aromatic nitrogens is 4. The van der Waals surface area contributed by atoms with Crippen LogP contribution in [-0.4, -0.2) is 32.2 Å². The Morgan fingerprint density at radius 1 is 1.00 bits per heavy atom. The van der Waals surface area contributed by atoms with Crippen molar-refractivity contribution in [1.82, 2.24) is 19.1 Å². The number of methoxy groups -OCH3 is 1. The van der Waals surface area contributed by atoms with Gasteiger partial charge in [-0.2, -0.15) is 4.98 Å². The van der Waals surface area contributed by atoms with Gasteiger partial charge >= 0.3 is 11.7 Å². The number of esters is 1. The van der Waals surface area contributed by atoms with Crippen molar-refractivity contribution >= 4 is 5.97 Å². The first-order chi connectivity index (χ1) is 14.6. The summed E-state index contributed by atoms with van der Waals surface area (Å²) in [4.78, 5) is 45.3. The molecule has 0 aliphatic carbocycles. The summed E-state index contributed by atoms with van der Waals surface area (Å²) in [6.07, 6.45) is 5.00. The van der Waals surface area contributed by atoms with Crippen LogP contribution in [0.15, 0.2) is 76.7 Å². The molecule has 0 atom stereocenters. The molecule has 0 fully saturated rings. The van der Waals surface area contributed by atoms with Crippen molar-refractivity contribution < 1.29 is 9.53 Å². The van der Waals surface area contributed by atoms with Crippen LogP contribution in [0.1, 0.15) is 21.5 Å². The first-order valence-corrected chi connectivity index (χ1v) is 9.23. The van der Waals surface area contributed by atoms with E-state index < -0.39 is 17.2 Å². The first-order valence-electron chi connectivity index (χ1n) is 9.23. The van der Waals surface area contributed by atoms with Gasteiger partial charge in [0, 0.05) is 25.1 Å². The van der Waals surface area contributed by atoms with Crippen LogP contribution in [-0.2, 0) is 17.8 Å². The summed E-state index contributed by atoms with van der Waals surface area (Å²) in [6.45, 7) is 0.496. The van der Waals surface area contributed by atoms with Crippen molar-refractivity contribution in [2.24, 2.45) is 0 Å². The number of hydrogen-bond acceptors (Lipinski definition) is 6. The summed E-state index contributed by atoms with van der Waals surface area (Å²) in [5, 5.41) is 0. The molecule has 2 aliphatic heterocycles. The third-order valence-corrected chi connectivity index (χ3v) is 4.74. The molecule has 0 N–H and O–H groups in total. The average molecular weight is 402 g/mol. The van der Waals surface area contributed by atoms with E-state index in [-0.39, 0.29) is 6.54 Å². The van der Waals surface area contributed by atoms with Gasteiger partial charge in [0.15, 0.2) is 5.82 Å². The van der Waals surface area contributed by atoms with Crippen LogP contribution < -0.4 is 11.2 Å². The maximum atomic E-state index is 12.9. The summed E-state index contributed by atoms with van der Waals surface area (Å²) >= 11 is 0. The minimum absolute atomic E-state index is 0.109. The summed E-state index contributed by atoms with van der Waals surface area (Å²) in [5.41, 5.74) is 1.41. The third kappa shape index (κ3) is 3.75. The smallest absolute Gasteiger partial charge is 0.352 e. The lowest BCUT2D eigenvalue weighted by Gasteiger charge is -2.15. The molecule has 2 aliphatic rings. The quantitative estimate of drug-likeness (QED) is 0.472. The second-order valence-corrected chi connectivity index (χ2v) is 6.71. The molecule has 0 bridgehead atoms. The fourth-order valence-corrected chi connectivity index (χ4v) is 3.22. The monoisotopic (exact) mass is 402 g/mol. The second-order valence-electron chi connectivity index (χ2n) is 6.71. The highest BCUT2D eigenvalue weighted by molar-refractivity contribution is 5.89. The van der Waals surface area contributed by atoms with E-state index in [4.69, 9.17) is 4.74 Å². The molecule has 0 amide bonds. The molecule has 8 nitrogen and oxygen atoms in total. The number of ether oxygens (including phenoxy) is 1. The highest BCUT2D eigenvalue weighted by atomic mass is 16.5. The van der Waals surface area contributed by atoms with Crippen molar-refractivity contribution in [2.45, 2.75) is 13.1 Å². The zero-order chi connectivity index (χ0) is 21.1. The maximum Gasteiger partial charge on any atom is 0.352 e. The lowest BCUT2D eigenvalue weighted by atomic mass is 10.1. The molecule has 150 valence electrons. The topological polar surface area (TPSA) is 96.1 Å². The summed E-state index contributed by atoms with van der Waals surface area (Å²) < 4.78 is 7.54. The maximum absolute atomic E-state index is 12.9. The summed E-state index contributed by atoms with van der Waals surface area (Å²) in [7, 11) is 1.33. The van der Waals surface area contributed by atoms with E-state index in [0.717, 1.165) is 15.7 Å². The van der Waals surface area contributed by atoms with Gasteiger partial charge in [0.2, 0.25) is 0 Å². The molecule has 8 heteroatoms. The van der Waals surface area contributed by atoms with Gasteiger partial charge in [-0.25, -0.2) is 9.59 Å². The lowest BCUT2D eigenvalue weighted by Crippen LogP contribution is -2.38. The molecule has 30 heavy (non-hydrogen) atoms. The fourth-order valence-electron chi connectivity index (χ4n) is 3.22. The Morgan fingerprint density at radius 2 is 1.80 bits per heavy atom. The minimum atomic E-state index is -0.614. The van der Waals surface area contributed by atoms with Crippen LogP contribution in [0.3, 0.4) is 0 Å². The van der Waals surface area contributed by atoms with E-state index in [9.17, 15) is 14.4 Å². The zero-order valence-electron chi connectivity index (χ0n) is 16.2. The largest absolute Gasteiger partial charge is 0.465 e. The number of hydrogen-bond donors (Lipinski definition) is 0. The fraction of sp³-hybridized carbons (Fsp3) is 0.136. The predicted molar refractivity (Wildman–Crippen MR) is 110 cm³/mol. The van der Waals surface area contributed by atoms with Crippen molar-refractivity contribution in [3.05, 3.63) is 105 Å². The molecule has 2 aromatic rings. The predicted octanol–water partition coefficient (Wildman–Crippen LogP) is 1.79. The van der Waals surface area contributed by atoms with Gasteiger partial charge in [0.1, 0.15) is 0 Å². The molecule has 0 spiro atoms. The highest BCUT2D eigenvalue weighted by Crippen LogP contribution is 2.16. The highest BCUT2D eigenvalue weighted by Gasteiger charge is 2.17. The number of pyridine rings is 2. The van der Waals surface area contributed by atoms with E-state index in [1.54, 1.807) is 71.7 Å². The molecule has 0 saturated heterocycles. The molecule has 1 aromatic carbocycles. The lowest BCUT2D eigenvalue weighted by molar-refractivity contribution is 0.0600. The standard InChI is InChI=1S/C22H18N4O4/c1-30-21(28)17-8-6-15(7-9-17)13-25-11-3-5-18-19(25)24-22(29)26(20(18)27)14-16-4-2-10-23-12-16/h2-12H,13-14H2,1H3. The molecular weight excluding hydrogens is 384 g/mol. The number of carbonyl (C=O) groups excluding carboxylic acids is 1. The second kappa shape index (κ2) is 8.12. The van der Waals surface area contributed by atoms with Crippen LogP contribution in [0.5, 0.6) is 0 Å². The third-order valence-electron chi connectivity index (χ3n) is 4.74. The molecule has 0 saturated carbocycles. The number of rotatable bonds is 5. The van der Waals surface area contributed by atoms with Gasteiger partial charge in [-0.3, -0.25) is 14.3 Å². The number of fused-ring (bicyclic) bond motifs is 1. The van der Waals surface area contributed by atoms with E-state index >= 15 is 0 Å². The molecule has 1 aromatic heterocycles. The van der Waals surface area contributed by atoms with Crippen LogP contribution >= 0.6 is 0 Å². The number of nitrogens with zero attached hydrogens (tertiary/aromatic N) is 4. The van der Waals surface area contributed by atoms with Crippen molar-refractivity contribution in [1.29, 1.82) is 0 Å². The van der Waals surface area contributed by atoms with Crippen molar-refractivity contribution in [3.8, 4) is 11.4 Å². The Labute approximate surface area is 171 Å². The minimum Gasteiger partial charge on any atom is -0.465 e. The molecule has 0 unspecified atom stereocenters. The van der Waals surface area contributed by atoms with Crippen molar-refractivity contribution in [2.75, 3.05) is 7.11 Å². The van der Waals surface area contributed by atoms with Gasteiger partial charge in [-0.1, -0.05) is 18.2 Å². The van der Waals surface area contributed by atoms with E-state index in [1.165, 1.54) is 7.11 Å². The molecular formula is C22H18N4O4. The number of carbonyl (C=O) groups is 1. The Morgan fingerprint density at radius 3 is 2.50 bits per heavy atom. The van der Waals surface area contributed by atoms with Gasteiger partial charge in [-0.05, 0) is 41.5 Å². The Kier molecular flexibility index (Phi) is 5.21. The Hall–Kier alpha value is -4.07. The Balaban J connectivity index is 1.70. The summed E-state index contributed by atoms with van der Waals surface area (Å²) in [5.74, 6) is -0.0989. The normalized spacial score (nSPS) is 10.8. The van der Waals surface area contributed by atoms with Crippen LogP contribution in [0, 0.1) is 0 Å². The first kappa shape index (κ1) is 19.3. The SMILES string of the molecule is COC(=O)c1ccc(Cn2cccc3c(=O)n(Cc4cccnc4)c(=O)nc2-3)cc1. The molecule has 4 rings (SSSR count). The average Bonchev–Trinajstić information content (AvgIpc) is 2.78. The van der Waals surface area contributed by atoms with Gasteiger partial charge < -0.3 is 9.30 Å². The van der Waals surface area contributed by atoms with Crippen LogP contribution in [0.25, 0.3) is 11.4 Å². The van der Waals surface area contributed by atoms with E-state index in [2.05, 4.69) is 9.97 Å². The van der Waals surface area contributed by atoms with Crippen LogP contribution in [0.2, 0.25) is 0 Å². The van der Waals surface area contributed by atoms with Gasteiger partial charge in [-0.15, -0.1) is 0 Å².